The molecule has 0 unspecified atom stereocenters. The number of rotatable bonds is 30. The molecule has 0 aliphatic carbocycles. The van der Waals surface area contributed by atoms with Crippen molar-refractivity contribution < 1.29 is 119 Å². The fourth-order valence-corrected chi connectivity index (χ4v) is 10.2. The van der Waals surface area contributed by atoms with Crippen molar-refractivity contribution in [2.24, 2.45) is 0 Å². The van der Waals surface area contributed by atoms with Gasteiger partial charge in [0.25, 0.3) is 35.4 Å². The van der Waals surface area contributed by atoms with Crippen LogP contribution in [0.5, 0.6) is 46.0 Å². The fourth-order valence-electron chi connectivity index (χ4n) is 8.13. The molecule has 9 aromatic rings. The second kappa shape index (κ2) is 38.6. The lowest BCUT2D eigenvalue weighted by Crippen LogP contribution is -2.28. The number of carbonyl (C=O) groups excluding carboxylic acids is 6. The number of alkyl halides is 9. The Bertz CT molecular complexity index is 4320. The van der Waals surface area contributed by atoms with E-state index in [9.17, 15) is 77.1 Å². The molecule has 38 heteroatoms. The van der Waals surface area contributed by atoms with Crippen molar-refractivity contribution in [3.05, 3.63) is 212 Å². The lowest BCUT2D eigenvalue weighted by Gasteiger charge is -2.10. The molecule has 3 aromatic heterocycles. The fraction of sp³-hybridized carbons (Fsp3) is 0.227. The third kappa shape index (κ3) is 28.2. The number of aromatic nitrogens is 3. The molecule has 104 heavy (non-hydrogen) atoms. The number of nitrogens with one attached hydrogen (secondary N) is 6. The van der Waals surface area contributed by atoms with E-state index in [2.05, 4.69) is 61.1 Å². The topological polar surface area (TPSA) is 300 Å². The third-order valence-corrected chi connectivity index (χ3v) is 15.5. The summed E-state index contributed by atoms with van der Waals surface area (Å²) in [7, 11) is 3.06. The molecule has 0 spiro atoms. The number of ether oxygens (including phenoxy) is 8. The number of hydrogen-bond acceptors (Lipinski definition) is 21. The summed E-state index contributed by atoms with van der Waals surface area (Å²) in [5.74, 6) is -4.26. The first-order valence-corrected chi connectivity index (χ1v) is 32.7. The monoisotopic (exact) mass is 1520 g/mol. The van der Waals surface area contributed by atoms with Crippen molar-refractivity contribution in [3.63, 3.8) is 0 Å². The highest BCUT2D eigenvalue weighted by Crippen LogP contribution is 2.30. The van der Waals surface area contributed by atoms with Gasteiger partial charge in [-0.1, -0.05) is 30.3 Å². The summed E-state index contributed by atoms with van der Waals surface area (Å²) >= 11 is 3.91. The predicted molar refractivity (Wildman–Crippen MR) is 350 cm³/mol. The molecule has 0 saturated heterocycles. The number of benzene rings is 6. The van der Waals surface area contributed by atoms with Gasteiger partial charge in [-0.3, -0.25) is 28.8 Å². The van der Waals surface area contributed by atoms with E-state index in [1.165, 1.54) is 79.7 Å². The van der Waals surface area contributed by atoms with Crippen LogP contribution in [0.2, 0.25) is 0 Å². The molecule has 24 nitrogen and oxygen atoms in total. The lowest BCUT2D eigenvalue weighted by atomic mass is 10.2. The minimum atomic E-state index is -4.80. The van der Waals surface area contributed by atoms with Crippen molar-refractivity contribution >= 4 is 69.9 Å². The van der Waals surface area contributed by atoms with Crippen molar-refractivity contribution in [1.29, 1.82) is 0 Å². The molecule has 3 heterocycles. The summed E-state index contributed by atoms with van der Waals surface area (Å²) < 4.78 is 178. The van der Waals surface area contributed by atoms with Gasteiger partial charge in [-0.05, 0) is 126 Å². The molecule has 552 valence electrons. The normalized spacial score (nSPS) is 11.0. The first-order valence-electron chi connectivity index (χ1n) is 29.7. The number of amides is 6. The number of methoxy groups -OCH3 is 2. The molecule has 6 N–H and O–H groups in total. The second-order valence-electron chi connectivity index (χ2n) is 20.4. The number of carbonyl (C=O) groups is 6. The number of thiazole rings is 2. The Morgan fingerprint density at radius 2 is 0.846 bits per heavy atom. The third-order valence-electron chi connectivity index (χ3n) is 12.9. The zero-order valence-corrected chi connectivity index (χ0v) is 56.6. The summed E-state index contributed by atoms with van der Waals surface area (Å²) in [6.45, 7) is -0.573. The lowest BCUT2D eigenvalue weighted by molar-refractivity contribution is -0.275. The van der Waals surface area contributed by atoms with E-state index in [4.69, 9.17) is 28.1 Å². The van der Waals surface area contributed by atoms with Gasteiger partial charge in [-0.2, -0.15) is 0 Å². The van der Waals surface area contributed by atoms with E-state index in [1.54, 1.807) is 35.3 Å². The van der Waals surface area contributed by atoms with Gasteiger partial charge in [0.05, 0.1) is 33.9 Å². The molecule has 0 bridgehead atoms. The molecule has 6 aromatic carbocycles. The number of nitrogens with zero attached hydrogens (tertiary/aromatic N) is 3. The van der Waals surface area contributed by atoms with E-state index in [1.807, 2.05) is 30.5 Å². The molecule has 0 aliphatic heterocycles. The largest absolute Gasteiger partial charge is 0.573 e. The SMILES string of the molecule is COc1ccc(CNC(=O)c2csc(CNC(=O)COc3ccc(OC(F)(F)F)cc3)n2)cc1OC.CSc1ccccc1CNC(=O)c1coc(CNC(=O)COc2ccc(OC(F)(F)F)cc2)n1.O=C(COc1ccc(OC(F)(F)F)cc1)NCc1nc(C(=O)NCc2ccc(F)c(F)c2)cs1. The van der Waals surface area contributed by atoms with Crippen LogP contribution in [0.25, 0.3) is 0 Å². The maximum Gasteiger partial charge on any atom is 0.573 e. The van der Waals surface area contributed by atoms with E-state index in [-0.39, 0.29) is 92.1 Å². The molecule has 0 aliphatic rings. The van der Waals surface area contributed by atoms with Crippen LogP contribution >= 0.6 is 34.4 Å². The number of hydrogen-bond donors (Lipinski definition) is 6. The number of halogens is 11. The Balaban J connectivity index is 0.000000218. The van der Waals surface area contributed by atoms with Crippen LogP contribution in [0, 0.1) is 11.6 Å². The molecule has 0 saturated carbocycles. The van der Waals surface area contributed by atoms with Crippen molar-refractivity contribution in [3.8, 4) is 46.0 Å². The van der Waals surface area contributed by atoms with E-state index in [0.29, 0.717) is 33.6 Å². The van der Waals surface area contributed by atoms with Crippen LogP contribution in [0.4, 0.5) is 48.3 Å². The Hall–Kier alpha value is -11.4. The van der Waals surface area contributed by atoms with Crippen LogP contribution in [-0.2, 0) is 53.7 Å². The molecule has 0 fully saturated rings. The molecule has 0 radical (unpaired) electrons. The number of thioether (sulfide) groups is 1. The average Bonchev–Trinajstić information content (AvgIpc) is 1.44. The van der Waals surface area contributed by atoms with Crippen LogP contribution in [0.3, 0.4) is 0 Å². The van der Waals surface area contributed by atoms with Gasteiger partial charge < -0.3 is 74.2 Å². The Morgan fingerprint density at radius 1 is 0.442 bits per heavy atom. The summed E-state index contributed by atoms with van der Waals surface area (Å²) in [4.78, 5) is 86.2. The van der Waals surface area contributed by atoms with Crippen molar-refractivity contribution in [2.75, 3.05) is 40.3 Å². The maximum absolute atomic E-state index is 13.2. The maximum atomic E-state index is 13.2. The molecular weight excluding hydrogens is 1460 g/mol. The zero-order valence-electron chi connectivity index (χ0n) is 54.1. The van der Waals surface area contributed by atoms with Crippen molar-refractivity contribution in [2.45, 2.75) is 63.3 Å². The molecular formula is C66H58F11N9O15S3. The van der Waals surface area contributed by atoms with Crippen LogP contribution < -0.4 is 69.8 Å². The smallest absolute Gasteiger partial charge is 0.493 e. The van der Waals surface area contributed by atoms with Gasteiger partial charge in [0.1, 0.15) is 62.2 Å². The van der Waals surface area contributed by atoms with Crippen LogP contribution in [0.15, 0.2) is 160 Å². The Labute approximate surface area is 594 Å². The highest BCUT2D eigenvalue weighted by atomic mass is 32.2. The summed E-state index contributed by atoms with van der Waals surface area (Å²) in [6, 6.07) is 30.1. The molecule has 0 atom stereocenters. The number of oxazole rings is 1. The zero-order chi connectivity index (χ0) is 75.4. The minimum absolute atomic E-state index is 0.0155. The highest BCUT2D eigenvalue weighted by Gasteiger charge is 2.33. The van der Waals surface area contributed by atoms with E-state index >= 15 is 0 Å². The highest BCUT2D eigenvalue weighted by molar-refractivity contribution is 7.98. The van der Waals surface area contributed by atoms with Gasteiger partial charge in [-0.25, -0.2) is 23.7 Å². The first-order chi connectivity index (χ1) is 49.5. The van der Waals surface area contributed by atoms with E-state index in [0.717, 1.165) is 75.9 Å². The first kappa shape index (κ1) is 79.9. The van der Waals surface area contributed by atoms with Gasteiger partial charge >= 0.3 is 19.1 Å². The van der Waals surface area contributed by atoms with Crippen LogP contribution in [-0.4, -0.2) is 110 Å². The average molecular weight is 1520 g/mol. The van der Waals surface area contributed by atoms with Gasteiger partial charge in [0.15, 0.2) is 48.6 Å². The van der Waals surface area contributed by atoms with Crippen LogP contribution in [0.1, 0.15) is 64.1 Å². The van der Waals surface area contributed by atoms with Gasteiger partial charge in [0, 0.05) is 35.3 Å². The van der Waals surface area contributed by atoms with Gasteiger partial charge in [0.2, 0.25) is 5.89 Å². The molecule has 9 rings (SSSR count). The predicted octanol–water partition coefficient (Wildman–Crippen LogP) is 11.5. The Kier molecular flexibility index (Phi) is 29.6. The summed E-state index contributed by atoms with van der Waals surface area (Å²) in [6.07, 6.45) is -11.2. The summed E-state index contributed by atoms with van der Waals surface area (Å²) in [5, 5.41) is 19.7. The Morgan fingerprint density at radius 3 is 1.28 bits per heavy atom. The standard InChI is InChI=1S/C23H22F3N3O6S.C22H20F3N3O5S.C21H16F5N3O4S/c1-32-18-8-3-14(9-19(18)33-2)10-28-22(31)17-13-36-21(29-17)11-27-20(30)12-34-15-4-6-16(7-5-15)35-23(24,25)26;1-34-18-5-3-2-4-14(18)10-27-21(30)17-12-32-20(28-17)11-26-19(29)13-31-15-6-8-16(9-7-15)33-22(23,24)25;22-15-6-1-12(7-16(15)23)8-28-20(31)17-11-34-19(29-17)9-27-18(30)10-32-13-2-4-14(5-3-13)33-21(24,25)26/h3-9,13H,10-12H2,1-2H3,(H,27,30)(H,28,31);2-9,12H,10-11,13H2,1H3,(H,26,29)(H,27,30);1-7,11H,8-10H2,(H,27,30)(H,28,31). The second-order valence-corrected chi connectivity index (χ2v) is 23.2. The quantitative estimate of drug-likeness (QED) is 0.0180. The van der Waals surface area contributed by atoms with Gasteiger partial charge in [-0.15, -0.1) is 73.9 Å². The van der Waals surface area contributed by atoms with E-state index < -0.39 is 84.1 Å². The molecule has 6 amide bonds. The van der Waals surface area contributed by atoms with Crippen molar-refractivity contribution in [1.82, 2.24) is 46.9 Å². The summed E-state index contributed by atoms with van der Waals surface area (Å²) in [5.41, 5.74) is 2.53. The minimum Gasteiger partial charge on any atom is -0.493 e.